The SMILES string of the molecule is CCC1NC(C)CCN1CC. The molecule has 0 saturated carbocycles. The maximum Gasteiger partial charge on any atom is 0.0596 e. The largest absolute Gasteiger partial charge is 0.299 e. The van der Waals surface area contributed by atoms with E-state index in [0.29, 0.717) is 12.2 Å². The summed E-state index contributed by atoms with van der Waals surface area (Å²) >= 11 is 0. The van der Waals surface area contributed by atoms with E-state index in [2.05, 4.69) is 31.0 Å². The molecule has 1 fully saturated rings. The van der Waals surface area contributed by atoms with Gasteiger partial charge in [0.2, 0.25) is 0 Å². The van der Waals surface area contributed by atoms with Gasteiger partial charge in [-0.3, -0.25) is 10.2 Å². The Morgan fingerprint density at radius 1 is 1.45 bits per heavy atom. The first-order valence-electron chi connectivity index (χ1n) is 4.78. The van der Waals surface area contributed by atoms with Crippen LogP contribution in [0.3, 0.4) is 0 Å². The molecule has 11 heavy (non-hydrogen) atoms. The van der Waals surface area contributed by atoms with Crippen LogP contribution in [0.4, 0.5) is 0 Å². The summed E-state index contributed by atoms with van der Waals surface area (Å²) in [5.41, 5.74) is 0. The van der Waals surface area contributed by atoms with Crippen LogP contribution in [0, 0.1) is 0 Å². The lowest BCUT2D eigenvalue weighted by atomic mass is 10.1. The Bertz CT molecular complexity index is 114. The van der Waals surface area contributed by atoms with Gasteiger partial charge in [-0.05, 0) is 26.3 Å². The van der Waals surface area contributed by atoms with Crippen molar-refractivity contribution in [3.8, 4) is 0 Å². The second kappa shape index (κ2) is 4.07. The van der Waals surface area contributed by atoms with Crippen molar-refractivity contribution in [2.24, 2.45) is 0 Å². The van der Waals surface area contributed by atoms with Crippen molar-refractivity contribution < 1.29 is 0 Å². The van der Waals surface area contributed by atoms with Gasteiger partial charge >= 0.3 is 0 Å². The zero-order valence-corrected chi connectivity index (χ0v) is 7.93. The van der Waals surface area contributed by atoms with Crippen molar-refractivity contribution in [2.75, 3.05) is 13.1 Å². The van der Waals surface area contributed by atoms with Crippen LogP contribution in [0.15, 0.2) is 0 Å². The molecule has 2 atom stereocenters. The summed E-state index contributed by atoms with van der Waals surface area (Å²) < 4.78 is 0. The summed E-state index contributed by atoms with van der Waals surface area (Å²) in [6, 6.07) is 0.711. The Morgan fingerprint density at radius 3 is 2.73 bits per heavy atom. The Morgan fingerprint density at radius 2 is 2.18 bits per heavy atom. The highest BCUT2D eigenvalue weighted by Crippen LogP contribution is 2.10. The average Bonchev–Trinajstić information content (AvgIpc) is 2.04. The third-order valence-electron chi connectivity index (χ3n) is 2.56. The van der Waals surface area contributed by atoms with Crippen LogP contribution in [0.1, 0.15) is 33.6 Å². The molecule has 0 aromatic heterocycles. The fourth-order valence-electron chi connectivity index (χ4n) is 1.79. The van der Waals surface area contributed by atoms with Crippen molar-refractivity contribution in [1.29, 1.82) is 0 Å². The first-order valence-corrected chi connectivity index (χ1v) is 4.78. The minimum atomic E-state index is 0.628. The molecule has 1 heterocycles. The molecular formula is C9H20N2. The second-order valence-corrected chi connectivity index (χ2v) is 3.41. The number of rotatable bonds is 2. The zero-order valence-electron chi connectivity index (χ0n) is 7.93. The molecule has 1 rings (SSSR count). The quantitative estimate of drug-likeness (QED) is 0.650. The minimum absolute atomic E-state index is 0.628. The van der Waals surface area contributed by atoms with E-state index in [1.54, 1.807) is 0 Å². The maximum atomic E-state index is 3.59. The predicted molar refractivity (Wildman–Crippen MR) is 48.5 cm³/mol. The Balaban J connectivity index is 2.41. The van der Waals surface area contributed by atoms with Crippen LogP contribution in [0.5, 0.6) is 0 Å². The predicted octanol–water partition coefficient (Wildman–Crippen LogP) is 1.43. The molecule has 0 radical (unpaired) electrons. The molecule has 1 saturated heterocycles. The van der Waals surface area contributed by atoms with Crippen LogP contribution >= 0.6 is 0 Å². The number of hydrogen-bond acceptors (Lipinski definition) is 2. The van der Waals surface area contributed by atoms with Crippen molar-refractivity contribution in [1.82, 2.24) is 10.2 Å². The molecule has 2 heteroatoms. The van der Waals surface area contributed by atoms with E-state index in [0.717, 1.165) is 0 Å². The Kier molecular flexibility index (Phi) is 3.34. The standard InChI is InChI=1S/C9H20N2/c1-4-9-10-8(3)6-7-11(9)5-2/h8-10H,4-7H2,1-3H3. The van der Waals surface area contributed by atoms with Crippen molar-refractivity contribution >= 4 is 0 Å². The van der Waals surface area contributed by atoms with E-state index in [1.807, 2.05) is 0 Å². The maximum absolute atomic E-state index is 3.59. The highest BCUT2D eigenvalue weighted by Gasteiger charge is 2.21. The second-order valence-electron chi connectivity index (χ2n) is 3.41. The molecule has 0 aliphatic carbocycles. The van der Waals surface area contributed by atoms with Crippen molar-refractivity contribution in [2.45, 2.75) is 45.8 Å². The molecule has 0 amide bonds. The van der Waals surface area contributed by atoms with E-state index in [-0.39, 0.29) is 0 Å². The highest BCUT2D eigenvalue weighted by molar-refractivity contribution is 4.78. The average molecular weight is 156 g/mol. The van der Waals surface area contributed by atoms with Gasteiger partial charge < -0.3 is 0 Å². The van der Waals surface area contributed by atoms with Gasteiger partial charge in [0.05, 0.1) is 6.17 Å². The van der Waals surface area contributed by atoms with Gasteiger partial charge in [-0.2, -0.15) is 0 Å². The molecule has 2 unspecified atom stereocenters. The first-order chi connectivity index (χ1) is 5.27. The highest BCUT2D eigenvalue weighted by atomic mass is 15.3. The van der Waals surface area contributed by atoms with Crippen LogP contribution in [0.25, 0.3) is 0 Å². The van der Waals surface area contributed by atoms with Gasteiger partial charge in [0.25, 0.3) is 0 Å². The molecule has 0 spiro atoms. The summed E-state index contributed by atoms with van der Waals surface area (Å²) in [5.74, 6) is 0. The summed E-state index contributed by atoms with van der Waals surface area (Å²) in [6.07, 6.45) is 3.14. The smallest absolute Gasteiger partial charge is 0.0596 e. The molecule has 0 bridgehead atoms. The first kappa shape index (κ1) is 9.01. The van der Waals surface area contributed by atoms with Crippen LogP contribution in [-0.2, 0) is 0 Å². The zero-order chi connectivity index (χ0) is 8.27. The van der Waals surface area contributed by atoms with Crippen LogP contribution in [0.2, 0.25) is 0 Å². The van der Waals surface area contributed by atoms with Gasteiger partial charge in [-0.15, -0.1) is 0 Å². The fourth-order valence-corrected chi connectivity index (χ4v) is 1.79. The normalized spacial score (nSPS) is 34.1. The molecule has 66 valence electrons. The topological polar surface area (TPSA) is 15.3 Å². The summed E-state index contributed by atoms with van der Waals surface area (Å²) in [4.78, 5) is 2.51. The van der Waals surface area contributed by atoms with Gasteiger partial charge in [0, 0.05) is 12.6 Å². The Labute approximate surface area is 70.0 Å². The fraction of sp³-hybridized carbons (Fsp3) is 1.00. The van der Waals surface area contributed by atoms with Gasteiger partial charge in [0.1, 0.15) is 0 Å². The number of nitrogens with zero attached hydrogens (tertiary/aromatic N) is 1. The molecule has 0 aromatic carbocycles. The molecule has 1 N–H and O–H groups in total. The molecule has 2 nitrogen and oxygen atoms in total. The van der Waals surface area contributed by atoms with Crippen molar-refractivity contribution in [3.63, 3.8) is 0 Å². The molecule has 1 aliphatic heterocycles. The summed E-state index contributed by atoms with van der Waals surface area (Å²) in [7, 11) is 0. The third kappa shape index (κ3) is 2.17. The monoisotopic (exact) mass is 156 g/mol. The lowest BCUT2D eigenvalue weighted by Crippen LogP contribution is -2.54. The van der Waals surface area contributed by atoms with Gasteiger partial charge in [-0.1, -0.05) is 13.8 Å². The summed E-state index contributed by atoms with van der Waals surface area (Å²) in [5, 5.41) is 3.59. The summed E-state index contributed by atoms with van der Waals surface area (Å²) in [6.45, 7) is 9.20. The number of nitrogens with one attached hydrogen (secondary N) is 1. The molecular weight excluding hydrogens is 136 g/mol. The molecule has 1 aliphatic rings. The van der Waals surface area contributed by atoms with Gasteiger partial charge in [0.15, 0.2) is 0 Å². The number of hydrogen-bond donors (Lipinski definition) is 1. The van der Waals surface area contributed by atoms with Crippen LogP contribution in [-0.4, -0.2) is 30.2 Å². The molecule has 0 aromatic rings. The van der Waals surface area contributed by atoms with E-state index >= 15 is 0 Å². The van der Waals surface area contributed by atoms with E-state index in [1.165, 1.54) is 25.9 Å². The third-order valence-corrected chi connectivity index (χ3v) is 2.56. The van der Waals surface area contributed by atoms with E-state index in [4.69, 9.17) is 0 Å². The lowest BCUT2D eigenvalue weighted by molar-refractivity contribution is 0.111. The van der Waals surface area contributed by atoms with E-state index < -0.39 is 0 Å². The Hall–Kier alpha value is -0.0800. The van der Waals surface area contributed by atoms with Crippen molar-refractivity contribution in [3.05, 3.63) is 0 Å². The van der Waals surface area contributed by atoms with E-state index in [9.17, 15) is 0 Å². The van der Waals surface area contributed by atoms with Gasteiger partial charge in [-0.25, -0.2) is 0 Å². The minimum Gasteiger partial charge on any atom is -0.299 e. The van der Waals surface area contributed by atoms with Crippen LogP contribution < -0.4 is 5.32 Å². The lowest BCUT2D eigenvalue weighted by Gasteiger charge is -2.38.